The molecule has 0 saturated heterocycles. The molecule has 0 aromatic heterocycles. The zero-order valence-electron chi connectivity index (χ0n) is 9.77. The zero-order valence-corrected chi connectivity index (χ0v) is 10.5. The van der Waals surface area contributed by atoms with Crippen LogP contribution >= 0.6 is 11.6 Å². The van der Waals surface area contributed by atoms with Crippen molar-refractivity contribution in [2.75, 3.05) is 12.4 Å². The van der Waals surface area contributed by atoms with Gasteiger partial charge in [-0.3, -0.25) is 0 Å². The summed E-state index contributed by atoms with van der Waals surface area (Å²) in [7, 11) is 0. The van der Waals surface area contributed by atoms with Crippen molar-refractivity contribution >= 4 is 11.6 Å². The molecular weight excluding hydrogens is 267 g/mol. The zero-order chi connectivity index (χ0) is 13.4. The van der Waals surface area contributed by atoms with Crippen molar-refractivity contribution in [2.24, 2.45) is 0 Å². The van der Waals surface area contributed by atoms with Gasteiger partial charge in [0.05, 0.1) is 0 Å². The fourth-order valence-electron chi connectivity index (χ4n) is 1.39. The third-order valence-corrected chi connectivity index (χ3v) is 2.49. The Balaban J connectivity index is 2.32. The van der Waals surface area contributed by atoms with E-state index in [1.54, 1.807) is 12.1 Å². The number of nitrogens with one attached hydrogen (secondary N) is 1. The largest absolute Gasteiger partial charge is 0.573 e. The molecule has 0 saturated carbocycles. The van der Waals surface area contributed by atoms with Crippen molar-refractivity contribution in [3.8, 4) is 5.75 Å². The van der Waals surface area contributed by atoms with Crippen molar-refractivity contribution in [3.05, 3.63) is 29.8 Å². The molecule has 0 fully saturated rings. The summed E-state index contributed by atoms with van der Waals surface area (Å²) in [6.45, 7) is 1.46. The number of unbranched alkanes of at least 4 members (excludes halogenated alkanes) is 1. The highest BCUT2D eigenvalue weighted by Crippen LogP contribution is 2.22. The highest BCUT2D eigenvalue weighted by molar-refractivity contribution is 6.17. The van der Waals surface area contributed by atoms with E-state index in [1.807, 2.05) is 0 Å². The Bertz CT molecular complexity index is 340. The molecule has 0 unspecified atom stereocenters. The van der Waals surface area contributed by atoms with Crippen LogP contribution in [0.4, 0.5) is 13.2 Å². The molecule has 0 aliphatic carbocycles. The predicted octanol–water partition coefficient (Wildman–Crippen LogP) is 3.69. The van der Waals surface area contributed by atoms with Crippen molar-refractivity contribution in [1.29, 1.82) is 0 Å². The number of ether oxygens (including phenoxy) is 1. The minimum atomic E-state index is -4.64. The van der Waals surface area contributed by atoms with Crippen molar-refractivity contribution in [3.63, 3.8) is 0 Å². The highest BCUT2D eigenvalue weighted by Gasteiger charge is 2.30. The Kier molecular flexibility index (Phi) is 6.29. The molecule has 1 aromatic carbocycles. The van der Waals surface area contributed by atoms with E-state index in [2.05, 4.69) is 10.1 Å². The van der Waals surface area contributed by atoms with Gasteiger partial charge in [-0.15, -0.1) is 24.8 Å². The van der Waals surface area contributed by atoms with Gasteiger partial charge in [-0.25, -0.2) is 0 Å². The topological polar surface area (TPSA) is 21.3 Å². The van der Waals surface area contributed by atoms with Gasteiger partial charge in [0, 0.05) is 12.4 Å². The maximum Gasteiger partial charge on any atom is 0.573 e. The number of benzene rings is 1. The number of halogens is 4. The van der Waals surface area contributed by atoms with E-state index < -0.39 is 6.36 Å². The van der Waals surface area contributed by atoms with Crippen molar-refractivity contribution < 1.29 is 17.9 Å². The first-order valence-corrected chi connectivity index (χ1v) is 6.16. The minimum absolute atomic E-state index is 0.201. The molecule has 1 aromatic rings. The SMILES string of the molecule is FC(F)(F)Oc1ccc(CNCCCCCl)cc1. The molecule has 1 N–H and O–H groups in total. The Morgan fingerprint density at radius 3 is 2.33 bits per heavy atom. The van der Waals surface area contributed by atoms with Crippen molar-refractivity contribution in [1.82, 2.24) is 5.32 Å². The monoisotopic (exact) mass is 281 g/mol. The average molecular weight is 282 g/mol. The van der Waals surface area contributed by atoms with Crippen LogP contribution in [0.5, 0.6) is 5.75 Å². The van der Waals surface area contributed by atoms with E-state index in [0.717, 1.165) is 24.9 Å². The maximum absolute atomic E-state index is 11.9. The molecule has 1 rings (SSSR count). The Hall–Kier alpha value is -0.940. The summed E-state index contributed by atoms with van der Waals surface area (Å²) < 4.78 is 39.5. The molecule has 0 bridgehead atoms. The van der Waals surface area contributed by atoms with Gasteiger partial charge >= 0.3 is 6.36 Å². The molecule has 6 heteroatoms. The molecule has 0 spiro atoms. The third-order valence-electron chi connectivity index (χ3n) is 2.22. The van der Waals surface area contributed by atoms with Crippen LogP contribution in [0.25, 0.3) is 0 Å². The van der Waals surface area contributed by atoms with E-state index in [9.17, 15) is 13.2 Å². The minimum Gasteiger partial charge on any atom is -0.406 e. The summed E-state index contributed by atoms with van der Waals surface area (Å²) in [5.74, 6) is 0.443. The molecule has 2 nitrogen and oxygen atoms in total. The number of alkyl halides is 4. The lowest BCUT2D eigenvalue weighted by Gasteiger charge is -2.09. The van der Waals surface area contributed by atoms with Crippen LogP contribution in [0, 0.1) is 0 Å². The Morgan fingerprint density at radius 2 is 1.78 bits per heavy atom. The van der Waals surface area contributed by atoms with E-state index >= 15 is 0 Å². The summed E-state index contributed by atoms with van der Waals surface area (Å²) in [4.78, 5) is 0. The van der Waals surface area contributed by atoms with Gasteiger partial charge in [-0.2, -0.15) is 0 Å². The van der Waals surface area contributed by atoms with Crippen LogP contribution in [-0.2, 0) is 6.54 Å². The molecular formula is C12H15ClF3NO. The van der Waals surface area contributed by atoms with E-state index in [-0.39, 0.29) is 5.75 Å². The molecule has 0 radical (unpaired) electrons. The van der Waals surface area contributed by atoms with Gasteiger partial charge in [0.15, 0.2) is 0 Å². The van der Waals surface area contributed by atoms with Crippen LogP contribution in [-0.4, -0.2) is 18.8 Å². The molecule has 0 atom stereocenters. The molecule has 0 aliphatic heterocycles. The lowest BCUT2D eigenvalue weighted by molar-refractivity contribution is -0.274. The van der Waals surface area contributed by atoms with E-state index in [1.165, 1.54) is 12.1 Å². The van der Waals surface area contributed by atoms with Gasteiger partial charge in [0.2, 0.25) is 0 Å². The van der Waals surface area contributed by atoms with Crippen LogP contribution in [0.1, 0.15) is 18.4 Å². The number of hydrogen-bond acceptors (Lipinski definition) is 2. The van der Waals surface area contributed by atoms with Crippen LogP contribution in [0.15, 0.2) is 24.3 Å². The van der Waals surface area contributed by atoms with Gasteiger partial charge in [0.1, 0.15) is 5.75 Å². The normalized spacial score (nSPS) is 11.6. The number of hydrogen-bond donors (Lipinski definition) is 1. The molecule has 18 heavy (non-hydrogen) atoms. The van der Waals surface area contributed by atoms with Crippen LogP contribution in [0.2, 0.25) is 0 Å². The quantitative estimate of drug-likeness (QED) is 0.608. The average Bonchev–Trinajstić information content (AvgIpc) is 2.29. The second kappa shape index (κ2) is 7.48. The van der Waals surface area contributed by atoms with Crippen molar-refractivity contribution in [2.45, 2.75) is 25.7 Å². The predicted molar refractivity (Wildman–Crippen MR) is 64.8 cm³/mol. The lowest BCUT2D eigenvalue weighted by Crippen LogP contribution is -2.17. The maximum atomic E-state index is 11.9. The fraction of sp³-hybridized carbons (Fsp3) is 0.500. The first-order chi connectivity index (χ1) is 8.51. The molecule has 0 heterocycles. The van der Waals surface area contributed by atoms with E-state index in [0.29, 0.717) is 12.4 Å². The standard InChI is InChI=1S/C12H15ClF3NO/c13-7-1-2-8-17-9-10-3-5-11(6-4-10)18-12(14,15)16/h3-6,17H,1-2,7-9H2. The third kappa shape index (κ3) is 6.71. The van der Waals surface area contributed by atoms with Gasteiger partial charge in [0.25, 0.3) is 0 Å². The summed E-state index contributed by atoms with van der Waals surface area (Å²) in [5.41, 5.74) is 0.912. The number of rotatable bonds is 7. The highest BCUT2D eigenvalue weighted by atomic mass is 35.5. The van der Waals surface area contributed by atoms with Gasteiger partial charge in [-0.1, -0.05) is 12.1 Å². The first kappa shape index (κ1) is 15.1. The lowest BCUT2D eigenvalue weighted by atomic mass is 10.2. The van der Waals surface area contributed by atoms with Crippen LogP contribution in [0.3, 0.4) is 0 Å². The fourth-order valence-corrected chi connectivity index (χ4v) is 1.58. The Morgan fingerprint density at radius 1 is 1.11 bits per heavy atom. The molecule has 0 aliphatic rings. The first-order valence-electron chi connectivity index (χ1n) is 5.62. The summed E-state index contributed by atoms with van der Waals surface area (Å²) in [6.07, 6.45) is -2.70. The second-order valence-electron chi connectivity index (χ2n) is 3.76. The second-order valence-corrected chi connectivity index (χ2v) is 4.14. The summed E-state index contributed by atoms with van der Waals surface area (Å²) >= 11 is 5.53. The Labute approximate surface area is 109 Å². The van der Waals surface area contributed by atoms with E-state index in [4.69, 9.17) is 11.6 Å². The van der Waals surface area contributed by atoms with Gasteiger partial charge in [-0.05, 0) is 37.1 Å². The summed E-state index contributed by atoms with van der Waals surface area (Å²) in [6, 6.07) is 5.83. The molecule has 0 amide bonds. The summed E-state index contributed by atoms with van der Waals surface area (Å²) in [5, 5.41) is 3.18. The molecule has 102 valence electrons. The smallest absolute Gasteiger partial charge is 0.406 e. The van der Waals surface area contributed by atoms with Gasteiger partial charge < -0.3 is 10.1 Å². The van der Waals surface area contributed by atoms with Crippen LogP contribution < -0.4 is 10.1 Å².